The SMILES string of the molecule is C[N+](C)(Cc1ccc(NC(=O)c2cccc(Br)c2)cc1)C1CCCCC1.[I-]. The van der Waals surface area contributed by atoms with E-state index in [4.69, 9.17) is 0 Å². The lowest BCUT2D eigenvalue weighted by atomic mass is 9.92. The maximum Gasteiger partial charge on any atom is 0.255 e. The lowest BCUT2D eigenvalue weighted by molar-refractivity contribution is -0.929. The summed E-state index contributed by atoms with van der Waals surface area (Å²) in [6.07, 6.45) is 6.81. The lowest BCUT2D eigenvalue weighted by Crippen LogP contribution is -3.00. The summed E-state index contributed by atoms with van der Waals surface area (Å²) in [5.74, 6) is -0.0858. The van der Waals surface area contributed by atoms with Crippen LogP contribution in [0.25, 0.3) is 0 Å². The van der Waals surface area contributed by atoms with Crippen molar-refractivity contribution in [2.24, 2.45) is 0 Å². The number of rotatable bonds is 5. The molecule has 0 atom stereocenters. The Bertz CT molecular complexity index is 755. The van der Waals surface area contributed by atoms with Gasteiger partial charge in [-0.15, -0.1) is 0 Å². The minimum Gasteiger partial charge on any atom is -1.00 e. The van der Waals surface area contributed by atoms with Crippen LogP contribution in [0.15, 0.2) is 53.0 Å². The third-order valence-electron chi connectivity index (χ3n) is 5.45. The monoisotopic (exact) mass is 542 g/mol. The molecule has 0 bridgehead atoms. The molecule has 2 aromatic rings. The van der Waals surface area contributed by atoms with E-state index in [9.17, 15) is 4.79 Å². The average Bonchev–Trinajstić information content (AvgIpc) is 2.64. The van der Waals surface area contributed by atoms with Crippen LogP contribution in [-0.4, -0.2) is 30.5 Å². The molecule has 5 heteroatoms. The molecule has 1 aliphatic carbocycles. The van der Waals surface area contributed by atoms with Gasteiger partial charge in [-0.2, -0.15) is 0 Å². The van der Waals surface area contributed by atoms with Gasteiger partial charge in [0.15, 0.2) is 0 Å². The number of anilines is 1. The van der Waals surface area contributed by atoms with Crippen LogP contribution in [0.2, 0.25) is 0 Å². The smallest absolute Gasteiger partial charge is 0.255 e. The molecule has 2 aromatic carbocycles. The van der Waals surface area contributed by atoms with E-state index in [1.807, 2.05) is 36.4 Å². The molecule has 1 amide bonds. The Kier molecular flexibility index (Phi) is 8.31. The van der Waals surface area contributed by atoms with Gasteiger partial charge in [0, 0.05) is 21.3 Å². The highest BCUT2D eigenvalue weighted by molar-refractivity contribution is 9.10. The maximum absolute atomic E-state index is 12.4. The van der Waals surface area contributed by atoms with Gasteiger partial charge >= 0.3 is 0 Å². The predicted octanol–water partition coefficient (Wildman–Crippen LogP) is 2.61. The molecule has 0 aromatic heterocycles. The van der Waals surface area contributed by atoms with Crippen molar-refractivity contribution in [1.29, 1.82) is 0 Å². The lowest BCUT2D eigenvalue weighted by Gasteiger charge is -2.40. The fourth-order valence-corrected chi connectivity index (χ4v) is 4.31. The summed E-state index contributed by atoms with van der Waals surface area (Å²) < 4.78 is 1.95. The standard InChI is InChI=1S/C22H27BrN2O.HI/c1-25(2,21-9-4-3-5-10-21)16-17-11-13-20(14-12-17)24-22(26)18-7-6-8-19(23)15-18;/h6-8,11-15,21H,3-5,9-10,16H2,1-2H3;1H. The molecule has 0 heterocycles. The first kappa shape index (κ1) is 22.4. The van der Waals surface area contributed by atoms with Crippen LogP contribution in [0.1, 0.15) is 48.0 Å². The quantitative estimate of drug-likeness (QED) is 0.457. The van der Waals surface area contributed by atoms with Crippen molar-refractivity contribution in [3.8, 4) is 0 Å². The third kappa shape index (κ3) is 6.29. The molecule has 1 saturated carbocycles. The third-order valence-corrected chi connectivity index (χ3v) is 5.95. The molecular weight excluding hydrogens is 515 g/mol. The molecule has 0 spiro atoms. The fourth-order valence-electron chi connectivity index (χ4n) is 3.91. The number of amides is 1. The molecule has 0 unspecified atom stereocenters. The number of hydrogen-bond acceptors (Lipinski definition) is 1. The van der Waals surface area contributed by atoms with Crippen molar-refractivity contribution in [3.63, 3.8) is 0 Å². The first-order chi connectivity index (χ1) is 12.4. The highest BCUT2D eigenvalue weighted by Gasteiger charge is 2.29. The van der Waals surface area contributed by atoms with E-state index < -0.39 is 0 Å². The van der Waals surface area contributed by atoms with E-state index in [2.05, 4.69) is 47.5 Å². The number of hydrogen-bond donors (Lipinski definition) is 1. The molecule has 0 radical (unpaired) electrons. The first-order valence-corrected chi connectivity index (χ1v) is 10.2. The van der Waals surface area contributed by atoms with Gasteiger partial charge < -0.3 is 33.8 Å². The van der Waals surface area contributed by atoms with Crippen LogP contribution in [0.4, 0.5) is 5.69 Å². The molecule has 1 N–H and O–H groups in total. The summed E-state index contributed by atoms with van der Waals surface area (Å²) in [6, 6.07) is 16.5. The van der Waals surface area contributed by atoms with Crippen LogP contribution >= 0.6 is 15.9 Å². The Hall–Kier alpha value is -0.920. The zero-order valence-corrected chi connectivity index (χ0v) is 19.8. The van der Waals surface area contributed by atoms with E-state index in [1.165, 1.54) is 37.7 Å². The Labute approximate surface area is 188 Å². The van der Waals surface area contributed by atoms with Gasteiger partial charge in [0.05, 0.1) is 20.1 Å². The zero-order valence-electron chi connectivity index (χ0n) is 16.1. The van der Waals surface area contributed by atoms with Gasteiger partial charge in [-0.1, -0.05) is 40.5 Å². The summed E-state index contributed by atoms with van der Waals surface area (Å²) in [5, 5.41) is 2.97. The fraction of sp³-hybridized carbons (Fsp3) is 0.409. The summed E-state index contributed by atoms with van der Waals surface area (Å²) in [6.45, 7) is 1.03. The Morgan fingerprint density at radius 1 is 1.07 bits per heavy atom. The van der Waals surface area contributed by atoms with Crippen LogP contribution in [0.5, 0.6) is 0 Å². The first-order valence-electron chi connectivity index (χ1n) is 9.42. The van der Waals surface area contributed by atoms with E-state index in [1.54, 1.807) is 0 Å². The van der Waals surface area contributed by atoms with Gasteiger partial charge in [0.2, 0.25) is 0 Å². The van der Waals surface area contributed by atoms with Crippen LogP contribution in [-0.2, 0) is 6.54 Å². The van der Waals surface area contributed by atoms with Crippen molar-refractivity contribution in [3.05, 3.63) is 64.1 Å². The second kappa shape index (κ2) is 10.0. The summed E-state index contributed by atoms with van der Waals surface area (Å²) >= 11 is 3.40. The van der Waals surface area contributed by atoms with Crippen molar-refractivity contribution in [2.45, 2.75) is 44.7 Å². The van der Waals surface area contributed by atoms with Crippen LogP contribution < -0.4 is 29.3 Å². The number of halogens is 2. The minimum absolute atomic E-state index is 0. The number of carbonyl (C=O) groups excluding carboxylic acids is 1. The summed E-state index contributed by atoms with van der Waals surface area (Å²) in [4.78, 5) is 12.4. The molecule has 1 aliphatic rings. The second-order valence-corrected chi connectivity index (χ2v) is 8.81. The van der Waals surface area contributed by atoms with E-state index in [0.29, 0.717) is 5.56 Å². The van der Waals surface area contributed by atoms with E-state index in [0.717, 1.165) is 27.2 Å². The van der Waals surface area contributed by atoms with Crippen LogP contribution in [0, 0.1) is 0 Å². The molecule has 146 valence electrons. The van der Waals surface area contributed by atoms with Crippen molar-refractivity contribution < 1.29 is 33.3 Å². The molecular formula is C22H28BrIN2O. The summed E-state index contributed by atoms with van der Waals surface area (Å²) in [7, 11) is 4.69. The largest absolute Gasteiger partial charge is 1.00 e. The Balaban J connectivity index is 0.00000261. The Morgan fingerprint density at radius 3 is 2.37 bits per heavy atom. The van der Waals surface area contributed by atoms with E-state index in [-0.39, 0.29) is 29.9 Å². The van der Waals surface area contributed by atoms with E-state index >= 15 is 0 Å². The number of nitrogens with one attached hydrogen (secondary N) is 1. The summed E-state index contributed by atoms with van der Waals surface area (Å²) in [5.41, 5.74) is 2.81. The number of nitrogens with zero attached hydrogens (tertiary/aromatic N) is 1. The minimum atomic E-state index is -0.0858. The second-order valence-electron chi connectivity index (χ2n) is 7.89. The molecule has 0 saturated heterocycles. The predicted molar refractivity (Wildman–Crippen MR) is 111 cm³/mol. The molecule has 27 heavy (non-hydrogen) atoms. The topological polar surface area (TPSA) is 29.1 Å². The number of carbonyl (C=O) groups is 1. The van der Waals surface area contributed by atoms with Gasteiger partial charge in [-0.25, -0.2) is 0 Å². The molecule has 3 rings (SSSR count). The Morgan fingerprint density at radius 2 is 1.74 bits per heavy atom. The molecule has 3 nitrogen and oxygen atoms in total. The van der Waals surface area contributed by atoms with Crippen molar-refractivity contribution >= 4 is 27.5 Å². The highest BCUT2D eigenvalue weighted by atomic mass is 127. The number of benzene rings is 2. The van der Waals surface area contributed by atoms with Gasteiger partial charge in [-0.3, -0.25) is 4.79 Å². The van der Waals surface area contributed by atoms with Crippen molar-refractivity contribution in [1.82, 2.24) is 0 Å². The van der Waals surface area contributed by atoms with Gasteiger partial charge in [0.1, 0.15) is 6.54 Å². The molecule has 1 fully saturated rings. The van der Waals surface area contributed by atoms with Crippen LogP contribution in [0.3, 0.4) is 0 Å². The highest BCUT2D eigenvalue weighted by Crippen LogP contribution is 2.27. The normalized spacial score (nSPS) is 15.1. The zero-order chi connectivity index (χ0) is 18.6. The van der Waals surface area contributed by atoms with Gasteiger partial charge in [-0.05, 0) is 56.0 Å². The molecule has 0 aliphatic heterocycles. The van der Waals surface area contributed by atoms with Gasteiger partial charge in [0.25, 0.3) is 5.91 Å². The average molecular weight is 543 g/mol. The maximum atomic E-state index is 12.4. The van der Waals surface area contributed by atoms with Crippen molar-refractivity contribution in [2.75, 3.05) is 19.4 Å². The number of quaternary nitrogens is 1.